The number of anilines is 1. The van der Waals surface area contributed by atoms with Crippen LogP contribution in [0, 0.1) is 6.92 Å². The van der Waals surface area contributed by atoms with E-state index in [-0.39, 0.29) is 6.04 Å². The summed E-state index contributed by atoms with van der Waals surface area (Å²) in [4.78, 5) is 0. The van der Waals surface area contributed by atoms with Gasteiger partial charge in [-0.05, 0) is 31.5 Å². The van der Waals surface area contributed by atoms with Crippen LogP contribution in [0.4, 0.5) is 5.69 Å². The van der Waals surface area contributed by atoms with Gasteiger partial charge in [-0.25, -0.2) is 8.42 Å². The van der Waals surface area contributed by atoms with Gasteiger partial charge in [0.25, 0.3) is 0 Å². The monoisotopic (exact) mass is 348 g/mol. The molecule has 0 spiro atoms. The van der Waals surface area contributed by atoms with Crippen molar-refractivity contribution in [2.75, 3.05) is 11.3 Å². The zero-order valence-electron chi connectivity index (χ0n) is 11.7. The molecule has 0 aliphatic heterocycles. The van der Waals surface area contributed by atoms with Gasteiger partial charge in [0.1, 0.15) is 0 Å². The predicted octanol–water partition coefficient (Wildman–Crippen LogP) is 2.89. The van der Waals surface area contributed by atoms with E-state index in [1.807, 2.05) is 32.9 Å². The molecule has 2 N–H and O–H groups in total. The molecule has 1 aromatic carbocycles. The number of hydrogen-bond acceptors (Lipinski definition) is 3. The first-order valence-corrected chi connectivity index (χ1v) is 8.57. The Hall–Kier alpha value is -0.590. The van der Waals surface area contributed by atoms with Gasteiger partial charge in [0.05, 0.1) is 10.9 Å². The molecule has 0 bridgehead atoms. The summed E-state index contributed by atoms with van der Waals surface area (Å²) in [6.45, 7) is 7.99. The van der Waals surface area contributed by atoms with Crippen LogP contribution in [0.3, 0.4) is 0 Å². The van der Waals surface area contributed by atoms with Crippen molar-refractivity contribution in [2.24, 2.45) is 0 Å². The quantitative estimate of drug-likeness (QED) is 0.830. The summed E-state index contributed by atoms with van der Waals surface area (Å²) in [5, 5.41) is 2.64. The zero-order valence-corrected chi connectivity index (χ0v) is 14.1. The minimum absolute atomic E-state index is 0.269. The molecule has 1 atom stereocenters. The zero-order chi connectivity index (χ0) is 14.6. The third kappa shape index (κ3) is 5.12. The molecular formula is C13H21BrN2O2S. The Bertz CT molecular complexity index is 529. The first-order valence-electron chi connectivity index (χ1n) is 6.23. The lowest BCUT2D eigenvalue weighted by Crippen LogP contribution is -2.37. The van der Waals surface area contributed by atoms with Crippen molar-refractivity contribution in [1.29, 1.82) is 0 Å². The van der Waals surface area contributed by atoms with Crippen LogP contribution in [0.2, 0.25) is 0 Å². The van der Waals surface area contributed by atoms with Crippen molar-refractivity contribution in [3.05, 3.63) is 28.2 Å². The van der Waals surface area contributed by atoms with Gasteiger partial charge in [0, 0.05) is 17.1 Å². The summed E-state index contributed by atoms with van der Waals surface area (Å²) in [5.41, 5.74) is 1.52. The molecule has 0 aliphatic carbocycles. The van der Waals surface area contributed by atoms with Crippen molar-refractivity contribution < 1.29 is 8.42 Å². The number of halogens is 1. The van der Waals surface area contributed by atoms with Crippen molar-refractivity contribution >= 4 is 31.6 Å². The molecule has 108 valence electrons. The Morgan fingerprint density at radius 1 is 1.26 bits per heavy atom. The van der Waals surface area contributed by atoms with Gasteiger partial charge < -0.3 is 5.32 Å². The molecule has 19 heavy (non-hydrogen) atoms. The van der Waals surface area contributed by atoms with Crippen LogP contribution in [0.5, 0.6) is 0 Å². The predicted molar refractivity (Wildman–Crippen MR) is 84.0 cm³/mol. The van der Waals surface area contributed by atoms with Gasteiger partial charge in [-0.3, -0.25) is 4.72 Å². The van der Waals surface area contributed by atoms with Crippen molar-refractivity contribution in [2.45, 2.75) is 39.0 Å². The average Bonchev–Trinajstić information content (AvgIpc) is 2.30. The Kier molecular flexibility index (Phi) is 5.82. The van der Waals surface area contributed by atoms with E-state index in [2.05, 4.69) is 26.0 Å². The van der Waals surface area contributed by atoms with Gasteiger partial charge in [0.2, 0.25) is 10.0 Å². The molecule has 0 fully saturated rings. The van der Waals surface area contributed by atoms with Gasteiger partial charge in [-0.2, -0.15) is 0 Å². The average molecular weight is 349 g/mol. The molecule has 6 heteroatoms. The lowest BCUT2D eigenvalue weighted by molar-refractivity contribution is 0.553. The largest absolute Gasteiger partial charge is 0.313 e. The molecule has 1 rings (SSSR count). The summed E-state index contributed by atoms with van der Waals surface area (Å²) in [5.74, 6) is 0. The van der Waals surface area contributed by atoms with E-state index < -0.39 is 15.3 Å². The molecule has 0 aliphatic rings. The molecule has 1 aromatic rings. The van der Waals surface area contributed by atoms with Gasteiger partial charge in [0.15, 0.2) is 0 Å². The van der Waals surface area contributed by atoms with E-state index in [0.29, 0.717) is 12.2 Å². The SMILES string of the molecule is Cc1ccc(Br)cc1NS(=O)(=O)C(C)CNC(C)C. The van der Waals surface area contributed by atoms with Gasteiger partial charge in [-0.15, -0.1) is 0 Å². The molecule has 1 unspecified atom stereocenters. The van der Waals surface area contributed by atoms with Crippen molar-refractivity contribution in [1.82, 2.24) is 5.32 Å². The van der Waals surface area contributed by atoms with Gasteiger partial charge >= 0.3 is 0 Å². The van der Waals surface area contributed by atoms with E-state index in [9.17, 15) is 8.42 Å². The van der Waals surface area contributed by atoms with Crippen LogP contribution >= 0.6 is 15.9 Å². The first kappa shape index (κ1) is 16.5. The summed E-state index contributed by atoms with van der Waals surface area (Å²) in [7, 11) is -3.38. The highest BCUT2D eigenvalue weighted by atomic mass is 79.9. The molecule has 0 radical (unpaired) electrons. The highest BCUT2D eigenvalue weighted by molar-refractivity contribution is 9.10. The second-order valence-corrected chi connectivity index (χ2v) is 7.99. The molecule has 0 saturated heterocycles. The number of sulfonamides is 1. The first-order chi connectivity index (χ1) is 8.72. The number of aryl methyl sites for hydroxylation is 1. The standard InChI is InChI=1S/C13H21BrN2O2S/c1-9(2)15-8-11(4)19(17,18)16-13-7-12(14)6-5-10(13)3/h5-7,9,11,15-16H,8H2,1-4H3. The Balaban J connectivity index is 2.81. The molecule has 0 aromatic heterocycles. The molecule has 0 amide bonds. The van der Waals surface area contributed by atoms with Crippen molar-refractivity contribution in [3.63, 3.8) is 0 Å². The third-order valence-corrected chi connectivity index (χ3v) is 5.02. The Morgan fingerprint density at radius 2 is 1.89 bits per heavy atom. The summed E-state index contributed by atoms with van der Waals surface area (Å²) < 4.78 is 27.9. The maximum Gasteiger partial charge on any atom is 0.236 e. The summed E-state index contributed by atoms with van der Waals surface area (Å²) >= 11 is 3.34. The van der Waals surface area contributed by atoms with E-state index in [1.54, 1.807) is 13.0 Å². The Labute approximate surface area is 124 Å². The van der Waals surface area contributed by atoms with Gasteiger partial charge in [-0.1, -0.05) is 35.8 Å². The minimum Gasteiger partial charge on any atom is -0.313 e. The third-order valence-electron chi connectivity index (χ3n) is 2.80. The smallest absolute Gasteiger partial charge is 0.236 e. The number of hydrogen-bond donors (Lipinski definition) is 2. The fourth-order valence-electron chi connectivity index (χ4n) is 1.47. The van der Waals surface area contributed by atoms with Crippen LogP contribution in [0.25, 0.3) is 0 Å². The second kappa shape index (κ2) is 6.72. The van der Waals surface area contributed by atoms with Crippen LogP contribution in [0.15, 0.2) is 22.7 Å². The minimum atomic E-state index is -3.38. The molecule has 0 saturated carbocycles. The van der Waals surface area contributed by atoms with E-state index >= 15 is 0 Å². The summed E-state index contributed by atoms with van der Waals surface area (Å²) in [6, 6.07) is 5.80. The number of benzene rings is 1. The normalized spacial score (nSPS) is 13.6. The lowest BCUT2D eigenvalue weighted by Gasteiger charge is -2.18. The number of rotatable bonds is 6. The van der Waals surface area contributed by atoms with Crippen LogP contribution < -0.4 is 10.0 Å². The van der Waals surface area contributed by atoms with Crippen LogP contribution in [-0.2, 0) is 10.0 Å². The lowest BCUT2D eigenvalue weighted by atomic mass is 10.2. The molecule has 0 heterocycles. The Morgan fingerprint density at radius 3 is 2.47 bits per heavy atom. The highest BCUT2D eigenvalue weighted by Gasteiger charge is 2.21. The fourth-order valence-corrected chi connectivity index (χ4v) is 2.87. The summed E-state index contributed by atoms with van der Waals surface area (Å²) in [6.07, 6.45) is 0. The van der Waals surface area contributed by atoms with Crippen molar-refractivity contribution in [3.8, 4) is 0 Å². The van der Waals surface area contributed by atoms with E-state index in [0.717, 1.165) is 10.0 Å². The highest BCUT2D eigenvalue weighted by Crippen LogP contribution is 2.22. The second-order valence-electron chi connectivity index (χ2n) is 4.98. The number of nitrogens with one attached hydrogen (secondary N) is 2. The molecular weight excluding hydrogens is 328 g/mol. The van der Waals surface area contributed by atoms with E-state index in [1.165, 1.54) is 0 Å². The maximum atomic E-state index is 12.2. The van der Waals surface area contributed by atoms with Crippen LogP contribution in [-0.4, -0.2) is 26.3 Å². The maximum absolute atomic E-state index is 12.2. The van der Waals surface area contributed by atoms with Crippen LogP contribution in [0.1, 0.15) is 26.3 Å². The topological polar surface area (TPSA) is 58.2 Å². The fraction of sp³-hybridized carbons (Fsp3) is 0.538. The molecule has 4 nitrogen and oxygen atoms in total. The van der Waals surface area contributed by atoms with E-state index in [4.69, 9.17) is 0 Å².